The average Bonchev–Trinajstić information content (AvgIpc) is 1.80. The second-order valence-corrected chi connectivity index (χ2v) is 2.90. The molecule has 1 nitrogen and oxygen atoms in total. The molecule has 0 aliphatic carbocycles. The van der Waals surface area contributed by atoms with Crippen LogP contribution in [0.15, 0.2) is 11.6 Å². The predicted molar refractivity (Wildman–Crippen MR) is 36.4 cm³/mol. The second kappa shape index (κ2) is 3.75. The average molecular weight is 171 g/mol. The molecule has 0 fully saturated rings. The van der Waals surface area contributed by atoms with Gasteiger partial charge in [-0.1, -0.05) is 0 Å². The molecule has 10 heavy (non-hydrogen) atoms. The van der Waals surface area contributed by atoms with Gasteiger partial charge in [0.05, 0.1) is 0 Å². The van der Waals surface area contributed by atoms with Crippen molar-refractivity contribution >= 4 is 11.8 Å². The van der Waals surface area contributed by atoms with Crippen LogP contribution in [-0.2, 0) is 0 Å². The normalized spacial score (nSPS) is 16.0. The van der Waals surface area contributed by atoms with E-state index in [-0.39, 0.29) is 0 Å². The molecule has 0 spiro atoms. The van der Waals surface area contributed by atoms with Crippen LogP contribution < -0.4 is 5.73 Å². The number of thioether (sulfide) groups is 1. The van der Waals surface area contributed by atoms with Crippen LogP contribution in [-0.4, -0.2) is 11.4 Å². The van der Waals surface area contributed by atoms with Gasteiger partial charge in [-0.2, -0.15) is 13.2 Å². The molecule has 0 saturated heterocycles. The molecular formula is C5H8F3NS. The van der Waals surface area contributed by atoms with E-state index in [9.17, 15) is 13.2 Å². The summed E-state index contributed by atoms with van der Waals surface area (Å²) < 4.78 is 35.0. The van der Waals surface area contributed by atoms with Gasteiger partial charge in [0.15, 0.2) is 0 Å². The number of rotatable bonds is 2. The fraction of sp³-hybridized carbons (Fsp3) is 0.600. The minimum atomic E-state index is -4.13. The van der Waals surface area contributed by atoms with Crippen molar-refractivity contribution in [1.82, 2.24) is 0 Å². The highest BCUT2D eigenvalue weighted by molar-refractivity contribution is 8.02. The van der Waals surface area contributed by atoms with Crippen LogP contribution in [0.25, 0.3) is 0 Å². The van der Waals surface area contributed by atoms with Crippen molar-refractivity contribution in [3.05, 3.63) is 11.6 Å². The Morgan fingerprint density at radius 2 is 2.00 bits per heavy atom. The quantitative estimate of drug-likeness (QED) is 0.688. The Balaban J connectivity index is 3.73. The van der Waals surface area contributed by atoms with Crippen LogP contribution in [0.2, 0.25) is 0 Å². The largest absolute Gasteiger partial charge is 0.404 e. The summed E-state index contributed by atoms with van der Waals surface area (Å²) in [6, 6.07) is 0. The Hall–Kier alpha value is -0.320. The fourth-order valence-corrected chi connectivity index (χ4v) is 0.721. The summed E-state index contributed by atoms with van der Waals surface area (Å²) in [5, 5.41) is -0.162. The molecule has 1 atom stereocenters. The van der Waals surface area contributed by atoms with Crippen molar-refractivity contribution < 1.29 is 13.2 Å². The van der Waals surface area contributed by atoms with Crippen molar-refractivity contribution in [2.45, 2.75) is 18.3 Å². The lowest BCUT2D eigenvalue weighted by molar-refractivity contribution is -0.125. The highest BCUT2D eigenvalue weighted by Gasteiger charge is 2.35. The smallest absolute Gasteiger partial charge is 0.400 e. The highest BCUT2D eigenvalue weighted by Crippen LogP contribution is 2.29. The number of nitrogens with two attached hydrogens (primary N) is 1. The first-order valence-electron chi connectivity index (χ1n) is 2.57. The standard InChI is InChI=1S/C5H8F3NS/c1-4(5(6,7)8)10-3-2-9/h2-4H,9H2,1H3/b3-2-. The SMILES string of the molecule is CC(S/C=C\N)C(F)(F)F. The molecular weight excluding hydrogens is 163 g/mol. The monoisotopic (exact) mass is 171 g/mol. The summed E-state index contributed by atoms with van der Waals surface area (Å²) in [6.07, 6.45) is -3.04. The molecule has 0 amide bonds. The van der Waals surface area contributed by atoms with Crippen LogP contribution in [0.3, 0.4) is 0 Å². The fourth-order valence-electron chi connectivity index (χ4n) is 0.240. The minimum Gasteiger partial charge on any atom is -0.404 e. The number of hydrogen-bond acceptors (Lipinski definition) is 2. The molecule has 0 aliphatic heterocycles. The molecule has 0 aromatic rings. The van der Waals surface area contributed by atoms with Crippen molar-refractivity contribution in [1.29, 1.82) is 0 Å². The van der Waals surface area contributed by atoms with Crippen molar-refractivity contribution in [3.8, 4) is 0 Å². The molecule has 0 rings (SSSR count). The maximum Gasteiger partial charge on any atom is 0.400 e. The number of halogens is 3. The van der Waals surface area contributed by atoms with E-state index in [0.717, 1.165) is 13.1 Å². The van der Waals surface area contributed by atoms with Gasteiger partial charge < -0.3 is 5.73 Å². The third-order valence-corrected chi connectivity index (χ3v) is 1.81. The molecule has 0 aliphatic rings. The van der Waals surface area contributed by atoms with E-state index in [0.29, 0.717) is 11.8 Å². The lowest BCUT2D eigenvalue weighted by Gasteiger charge is -2.11. The van der Waals surface area contributed by atoms with Crippen LogP contribution in [0.1, 0.15) is 6.92 Å². The summed E-state index contributed by atoms with van der Waals surface area (Å²) in [5.41, 5.74) is 4.85. The summed E-state index contributed by atoms with van der Waals surface area (Å²) in [4.78, 5) is 0. The van der Waals surface area contributed by atoms with Crippen LogP contribution >= 0.6 is 11.8 Å². The summed E-state index contributed by atoms with van der Waals surface area (Å²) >= 11 is 0.653. The Morgan fingerprint density at radius 1 is 1.50 bits per heavy atom. The zero-order valence-electron chi connectivity index (χ0n) is 5.35. The van der Waals surface area contributed by atoms with E-state index in [1.54, 1.807) is 0 Å². The number of alkyl halides is 3. The molecule has 2 N–H and O–H groups in total. The first-order chi connectivity index (χ1) is 4.48. The molecule has 1 unspecified atom stereocenters. The van der Waals surface area contributed by atoms with Gasteiger partial charge in [-0.05, 0) is 12.3 Å². The predicted octanol–water partition coefficient (Wildman–Crippen LogP) is 2.10. The topological polar surface area (TPSA) is 26.0 Å². The van der Waals surface area contributed by atoms with Crippen LogP contribution in [0, 0.1) is 0 Å². The molecule has 0 aromatic carbocycles. The van der Waals surface area contributed by atoms with Gasteiger partial charge in [-0.3, -0.25) is 0 Å². The first-order valence-corrected chi connectivity index (χ1v) is 3.51. The third-order valence-electron chi connectivity index (χ3n) is 0.822. The number of hydrogen-bond donors (Lipinski definition) is 1. The summed E-state index contributed by atoms with van der Waals surface area (Å²) in [6.45, 7) is 1.09. The van der Waals surface area contributed by atoms with Gasteiger partial charge >= 0.3 is 6.18 Å². The molecule has 60 valence electrons. The summed E-state index contributed by atoms with van der Waals surface area (Å²) in [7, 11) is 0. The van der Waals surface area contributed by atoms with Crippen molar-refractivity contribution in [2.75, 3.05) is 0 Å². The Labute approximate surface area is 61.5 Å². The summed E-state index contributed by atoms with van der Waals surface area (Å²) in [5.74, 6) is 0. The van der Waals surface area contributed by atoms with E-state index in [2.05, 4.69) is 0 Å². The Kier molecular flexibility index (Phi) is 3.63. The Bertz CT molecular complexity index is 121. The lowest BCUT2D eigenvalue weighted by atomic mass is 10.5. The van der Waals surface area contributed by atoms with E-state index in [1.165, 1.54) is 5.41 Å². The maximum atomic E-state index is 11.7. The lowest BCUT2D eigenvalue weighted by Crippen LogP contribution is -2.21. The Morgan fingerprint density at radius 3 is 2.30 bits per heavy atom. The third kappa shape index (κ3) is 3.66. The highest BCUT2D eigenvalue weighted by atomic mass is 32.2. The maximum absolute atomic E-state index is 11.7. The van der Waals surface area contributed by atoms with Gasteiger partial charge in [0.25, 0.3) is 0 Å². The first kappa shape index (κ1) is 9.68. The molecule has 0 aromatic heterocycles. The second-order valence-electron chi connectivity index (χ2n) is 1.65. The van der Waals surface area contributed by atoms with E-state index in [1.807, 2.05) is 0 Å². The molecule has 0 saturated carbocycles. The zero-order valence-corrected chi connectivity index (χ0v) is 6.17. The van der Waals surface area contributed by atoms with Gasteiger partial charge in [0, 0.05) is 6.20 Å². The van der Waals surface area contributed by atoms with Gasteiger partial charge in [-0.25, -0.2) is 0 Å². The molecule has 0 radical (unpaired) electrons. The molecule has 5 heteroatoms. The van der Waals surface area contributed by atoms with Crippen LogP contribution in [0.5, 0.6) is 0 Å². The van der Waals surface area contributed by atoms with E-state index >= 15 is 0 Å². The van der Waals surface area contributed by atoms with Gasteiger partial charge in [0.2, 0.25) is 0 Å². The van der Waals surface area contributed by atoms with E-state index < -0.39 is 11.4 Å². The van der Waals surface area contributed by atoms with Crippen molar-refractivity contribution in [2.24, 2.45) is 5.73 Å². The molecule has 0 bridgehead atoms. The van der Waals surface area contributed by atoms with Crippen LogP contribution in [0.4, 0.5) is 13.2 Å². The van der Waals surface area contributed by atoms with Crippen molar-refractivity contribution in [3.63, 3.8) is 0 Å². The zero-order chi connectivity index (χ0) is 8.20. The van der Waals surface area contributed by atoms with Gasteiger partial charge in [0.1, 0.15) is 5.25 Å². The van der Waals surface area contributed by atoms with Gasteiger partial charge in [-0.15, -0.1) is 11.8 Å². The minimum absolute atomic E-state index is 0.653. The van der Waals surface area contributed by atoms with E-state index in [4.69, 9.17) is 5.73 Å². The molecule has 0 heterocycles.